The number of carbonyl (C=O) groups excluding carboxylic acids is 2. The maximum Gasteiger partial charge on any atom is 0.339 e. The fourth-order valence-corrected chi connectivity index (χ4v) is 4.24. The highest BCUT2D eigenvalue weighted by molar-refractivity contribution is 6.30. The Balaban J connectivity index is 1.49. The molecule has 0 aliphatic carbocycles. The summed E-state index contributed by atoms with van der Waals surface area (Å²) in [6.45, 7) is 1.62. The predicted octanol–water partition coefficient (Wildman–Crippen LogP) is 4.58. The first-order valence-corrected chi connectivity index (χ1v) is 11.6. The monoisotopic (exact) mass is 474 g/mol. The number of benzene rings is 2. The summed E-state index contributed by atoms with van der Waals surface area (Å²) in [5, 5.41) is 5.72. The minimum atomic E-state index is -0.567. The molecule has 1 fully saturated rings. The third kappa shape index (κ3) is 4.65. The highest BCUT2D eigenvalue weighted by Crippen LogP contribution is 2.26. The lowest BCUT2D eigenvalue weighted by Gasteiger charge is -2.15. The molecule has 8 heteroatoms. The van der Waals surface area contributed by atoms with E-state index in [4.69, 9.17) is 21.3 Å². The Hall–Kier alpha value is -3.71. The summed E-state index contributed by atoms with van der Waals surface area (Å²) >= 11 is 6.01. The van der Waals surface area contributed by atoms with Gasteiger partial charge in [0.05, 0.1) is 29.4 Å². The Morgan fingerprint density at radius 2 is 1.74 bits per heavy atom. The van der Waals surface area contributed by atoms with Crippen LogP contribution in [0.1, 0.15) is 28.8 Å². The van der Waals surface area contributed by atoms with Crippen molar-refractivity contribution in [3.8, 4) is 11.3 Å². The Morgan fingerprint density at radius 3 is 2.47 bits per heavy atom. The van der Waals surface area contributed by atoms with E-state index < -0.39 is 5.97 Å². The number of pyridine rings is 1. The van der Waals surface area contributed by atoms with E-state index in [0.29, 0.717) is 46.9 Å². The summed E-state index contributed by atoms with van der Waals surface area (Å²) in [6, 6.07) is 18.8. The second-order valence-corrected chi connectivity index (χ2v) is 8.69. The second-order valence-electron chi connectivity index (χ2n) is 8.25. The van der Waals surface area contributed by atoms with Crippen LogP contribution in [-0.4, -0.2) is 51.2 Å². The third-order valence-electron chi connectivity index (χ3n) is 5.93. The van der Waals surface area contributed by atoms with Gasteiger partial charge in [0.25, 0.3) is 5.91 Å². The number of ether oxygens (including phenoxy) is 1. The zero-order valence-corrected chi connectivity index (χ0v) is 19.2. The van der Waals surface area contributed by atoms with Crippen molar-refractivity contribution in [2.45, 2.75) is 19.4 Å². The maximum absolute atomic E-state index is 13.1. The zero-order valence-electron chi connectivity index (χ0n) is 18.5. The van der Waals surface area contributed by atoms with Crippen molar-refractivity contribution in [1.29, 1.82) is 0 Å². The van der Waals surface area contributed by atoms with E-state index in [0.717, 1.165) is 24.0 Å². The highest BCUT2D eigenvalue weighted by atomic mass is 35.5. The van der Waals surface area contributed by atoms with Crippen molar-refractivity contribution in [2.75, 3.05) is 19.7 Å². The predicted molar refractivity (Wildman–Crippen MR) is 130 cm³/mol. The molecule has 0 radical (unpaired) electrons. The molecule has 1 saturated heterocycles. The van der Waals surface area contributed by atoms with Gasteiger partial charge in [-0.25, -0.2) is 14.5 Å². The van der Waals surface area contributed by atoms with E-state index >= 15 is 0 Å². The number of rotatable bonds is 6. The number of halogens is 1. The van der Waals surface area contributed by atoms with Crippen LogP contribution in [0.3, 0.4) is 0 Å². The molecule has 7 nitrogen and oxygen atoms in total. The molecule has 0 spiro atoms. The van der Waals surface area contributed by atoms with Crippen LogP contribution in [-0.2, 0) is 16.1 Å². The van der Waals surface area contributed by atoms with Gasteiger partial charge in [0.1, 0.15) is 0 Å². The minimum Gasteiger partial charge on any atom is -0.452 e. The van der Waals surface area contributed by atoms with Gasteiger partial charge in [0.2, 0.25) is 0 Å². The molecule has 5 rings (SSSR count). The molecule has 0 bridgehead atoms. The molecule has 34 heavy (non-hydrogen) atoms. The largest absolute Gasteiger partial charge is 0.452 e. The fourth-order valence-electron chi connectivity index (χ4n) is 4.11. The summed E-state index contributed by atoms with van der Waals surface area (Å²) < 4.78 is 7.18. The Kier molecular flexibility index (Phi) is 6.27. The summed E-state index contributed by atoms with van der Waals surface area (Å²) in [4.78, 5) is 32.0. The maximum atomic E-state index is 13.1. The van der Waals surface area contributed by atoms with E-state index in [1.807, 2.05) is 54.6 Å². The van der Waals surface area contributed by atoms with Gasteiger partial charge in [0, 0.05) is 23.7 Å². The SMILES string of the molecule is O=C(OCC(=O)N1CCCC1)c1cc(-c2ccccc2)nc2c1cnn2Cc1ccc(Cl)cc1. The van der Waals surface area contributed by atoms with Gasteiger partial charge in [-0.3, -0.25) is 4.79 Å². The van der Waals surface area contributed by atoms with Crippen LogP contribution in [0.2, 0.25) is 5.02 Å². The lowest BCUT2D eigenvalue weighted by Crippen LogP contribution is -2.32. The number of likely N-dealkylation sites (tertiary alicyclic amines) is 1. The van der Waals surface area contributed by atoms with Crippen molar-refractivity contribution in [2.24, 2.45) is 0 Å². The molecule has 172 valence electrons. The van der Waals surface area contributed by atoms with Crippen LogP contribution in [0, 0.1) is 0 Å². The molecule has 1 amide bonds. The average molecular weight is 475 g/mol. The topological polar surface area (TPSA) is 77.3 Å². The van der Waals surface area contributed by atoms with E-state index in [-0.39, 0.29) is 12.5 Å². The van der Waals surface area contributed by atoms with Gasteiger partial charge < -0.3 is 9.64 Å². The first-order valence-electron chi connectivity index (χ1n) is 11.2. The normalized spacial score (nSPS) is 13.4. The lowest BCUT2D eigenvalue weighted by atomic mass is 10.1. The number of hydrogen-bond donors (Lipinski definition) is 0. The molecule has 4 aromatic rings. The van der Waals surface area contributed by atoms with Gasteiger partial charge in [-0.2, -0.15) is 5.10 Å². The summed E-state index contributed by atoms with van der Waals surface area (Å²) in [6.07, 6.45) is 3.59. The molecular weight excluding hydrogens is 452 g/mol. The number of esters is 1. The van der Waals surface area contributed by atoms with Crippen molar-refractivity contribution in [3.05, 3.63) is 83.0 Å². The fraction of sp³-hybridized carbons (Fsp3) is 0.231. The number of amides is 1. The molecule has 2 aromatic carbocycles. The van der Waals surface area contributed by atoms with E-state index in [9.17, 15) is 9.59 Å². The number of carbonyl (C=O) groups is 2. The van der Waals surface area contributed by atoms with Crippen molar-refractivity contribution in [1.82, 2.24) is 19.7 Å². The number of hydrogen-bond acceptors (Lipinski definition) is 5. The molecule has 3 heterocycles. The van der Waals surface area contributed by atoms with E-state index in [1.165, 1.54) is 0 Å². The van der Waals surface area contributed by atoms with Gasteiger partial charge in [-0.05, 0) is 36.6 Å². The third-order valence-corrected chi connectivity index (χ3v) is 6.18. The van der Waals surface area contributed by atoms with Crippen LogP contribution >= 0.6 is 11.6 Å². The number of aromatic nitrogens is 3. The molecule has 0 unspecified atom stereocenters. The first-order chi connectivity index (χ1) is 16.6. The first kappa shape index (κ1) is 22.1. The standard InChI is InChI=1S/C26H23ClN4O3/c27-20-10-8-18(9-11-20)16-31-25-22(15-28-31)21(14-23(29-25)19-6-2-1-3-7-19)26(33)34-17-24(32)30-12-4-5-13-30/h1-3,6-11,14-15H,4-5,12-13,16-17H2. The van der Waals surface area contributed by atoms with Gasteiger partial charge in [0.15, 0.2) is 12.3 Å². The van der Waals surface area contributed by atoms with Gasteiger partial charge in [-0.1, -0.05) is 54.1 Å². The average Bonchev–Trinajstić information content (AvgIpc) is 3.54. The Morgan fingerprint density at radius 1 is 1.00 bits per heavy atom. The molecule has 1 aliphatic rings. The Bertz CT molecular complexity index is 1330. The molecule has 1 aliphatic heterocycles. The van der Waals surface area contributed by atoms with Crippen LogP contribution < -0.4 is 0 Å². The van der Waals surface area contributed by atoms with Crippen molar-refractivity contribution in [3.63, 3.8) is 0 Å². The van der Waals surface area contributed by atoms with Crippen molar-refractivity contribution < 1.29 is 14.3 Å². The number of nitrogens with zero attached hydrogens (tertiary/aromatic N) is 4. The zero-order chi connectivity index (χ0) is 23.5. The van der Waals surface area contributed by atoms with Crippen molar-refractivity contribution >= 4 is 34.5 Å². The second kappa shape index (κ2) is 9.65. The molecule has 0 atom stereocenters. The van der Waals surface area contributed by atoms with E-state index in [1.54, 1.807) is 21.8 Å². The highest BCUT2D eigenvalue weighted by Gasteiger charge is 2.22. The lowest BCUT2D eigenvalue weighted by molar-refractivity contribution is -0.133. The molecule has 0 N–H and O–H groups in total. The number of fused-ring (bicyclic) bond motifs is 1. The minimum absolute atomic E-state index is 0.169. The quantitative estimate of drug-likeness (QED) is 0.382. The van der Waals surface area contributed by atoms with Gasteiger partial charge >= 0.3 is 5.97 Å². The van der Waals surface area contributed by atoms with Crippen LogP contribution in [0.5, 0.6) is 0 Å². The smallest absolute Gasteiger partial charge is 0.339 e. The summed E-state index contributed by atoms with van der Waals surface area (Å²) in [5.41, 5.74) is 3.39. The van der Waals surface area contributed by atoms with Crippen LogP contribution in [0.25, 0.3) is 22.3 Å². The van der Waals surface area contributed by atoms with Crippen LogP contribution in [0.4, 0.5) is 0 Å². The summed E-state index contributed by atoms with van der Waals surface area (Å²) in [5.74, 6) is -0.735. The molecular formula is C26H23ClN4O3. The van der Waals surface area contributed by atoms with Crippen LogP contribution in [0.15, 0.2) is 66.9 Å². The molecule has 2 aromatic heterocycles. The van der Waals surface area contributed by atoms with Gasteiger partial charge in [-0.15, -0.1) is 0 Å². The molecule has 0 saturated carbocycles. The summed E-state index contributed by atoms with van der Waals surface area (Å²) in [7, 11) is 0. The Labute approximate surface area is 201 Å². The van der Waals surface area contributed by atoms with E-state index in [2.05, 4.69) is 5.10 Å².